The molecule has 0 spiro atoms. The van der Waals surface area contributed by atoms with E-state index >= 15 is 0 Å². The number of ether oxygens (including phenoxy) is 2. The van der Waals surface area contributed by atoms with Gasteiger partial charge in [0.25, 0.3) is 5.91 Å². The maximum atomic E-state index is 12.9. The first-order valence-electron chi connectivity index (χ1n) is 6.03. The minimum Gasteiger partial charge on any atom is -0.493 e. The predicted octanol–water partition coefficient (Wildman–Crippen LogP) is 3.86. The van der Waals surface area contributed by atoms with Crippen molar-refractivity contribution in [2.24, 2.45) is 0 Å². The third-order valence-corrected chi connectivity index (χ3v) is 3.48. The lowest BCUT2D eigenvalue weighted by Crippen LogP contribution is -2.12. The molecule has 0 aliphatic carbocycles. The zero-order chi connectivity index (χ0) is 15.4. The number of benzene rings is 2. The van der Waals surface area contributed by atoms with Gasteiger partial charge in [-0.25, -0.2) is 4.39 Å². The molecule has 4 nitrogen and oxygen atoms in total. The van der Waals surface area contributed by atoms with Crippen LogP contribution in [0.4, 0.5) is 10.1 Å². The average Bonchev–Trinajstić information content (AvgIpc) is 2.49. The Hall–Kier alpha value is -2.08. The van der Waals surface area contributed by atoms with E-state index in [-0.39, 0.29) is 11.7 Å². The maximum Gasteiger partial charge on any atom is 0.255 e. The number of nitrogens with one attached hydrogen (secondary N) is 1. The molecule has 2 rings (SSSR count). The first-order chi connectivity index (χ1) is 10.0. The Morgan fingerprint density at radius 1 is 1.10 bits per heavy atom. The van der Waals surface area contributed by atoms with Crippen molar-refractivity contribution < 1.29 is 18.7 Å². The molecule has 0 aromatic heterocycles. The van der Waals surface area contributed by atoms with Crippen LogP contribution in [0.5, 0.6) is 11.5 Å². The van der Waals surface area contributed by atoms with Gasteiger partial charge in [-0.2, -0.15) is 0 Å². The van der Waals surface area contributed by atoms with E-state index in [4.69, 9.17) is 9.47 Å². The monoisotopic (exact) mass is 353 g/mol. The third kappa shape index (κ3) is 3.52. The Morgan fingerprint density at radius 3 is 2.24 bits per heavy atom. The first kappa shape index (κ1) is 15.3. The van der Waals surface area contributed by atoms with Gasteiger partial charge in [0.1, 0.15) is 5.82 Å². The highest BCUT2D eigenvalue weighted by atomic mass is 79.9. The van der Waals surface area contributed by atoms with E-state index in [1.54, 1.807) is 12.1 Å². The summed E-state index contributed by atoms with van der Waals surface area (Å²) in [6.45, 7) is 0. The molecule has 0 saturated heterocycles. The van der Waals surface area contributed by atoms with Crippen molar-refractivity contribution in [3.05, 3.63) is 52.3 Å². The molecule has 110 valence electrons. The molecule has 0 unspecified atom stereocenters. The summed E-state index contributed by atoms with van der Waals surface area (Å²) in [4.78, 5) is 12.1. The summed E-state index contributed by atoms with van der Waals surface area (Å²) in [7, 11) is 3.04. The van der Waals surface area contributed by atoms with Gasteiger partial charge in [-0.05, 0) is 40.2 Å². The number of hydrogen-bond donors (Lipinski definition) is 1. The van der Waals surface area contributed by atoms with E-state index in [0.29, 0.717) is 27.2 Å². The summed E-state index contributed by atoms with van der Waals surface area (Å²) in [5.41, 5.74) is 0.889. The smallest absolute Gasteiger partial charge is 0.255 e. The molecule has 2 aromatic rings. The van der Waals surface area contributed by atoms with Crippen molar-refractivity contribution >= 4 is 27.5 Å². The van der Waals surface area contributed by atoms with Crippen molar-refractivity contribution in [2.45, 2.75) is 0 Å². The summed E-state index contributed by atoms with van der Waals surface area (Å²) in [5.74, 6) is 0.307. The molecule has 1 N–H and O–H groups in total. The van der Waals surface area contributed by atoms with Gasteiger partial charge in [0.2, 0.25) is 0 Å². The largest absolute Gasteiger partial charge is 0.493 e. The number of rotatable bonds is 4. The maximum absolute atomic E-state index is 12.9. The molecular formula is C15H13BrFNO3. The van der Waals surface area contributed by atoms with Gasteiger partial charge in [-0.1, -0.05) is 0 Å². The summed E-state index contributed by atoms with van der Waals surface area (Å²) in [5, 5.41) is 2.73. The molecule has 2 aromatic carbocycles. The van der Waals surface area contributed by atoms with Crippen LogP contribution < -0.4 is 14.8 Å². The molecule has 6 heteroatoms. The Morgan fingerprint density at radius 2 is 1.67 bits per heavy atom. The number of carbonyl (C=O) groups is 1. The summed E-state index contributed by atoms with van der Waals surface area (Å²) < 4.78 is 23.9. The second-order valence-corrected chi connectivity index (χ2v) is 5.00. The third-order valence-electron chi connectivity index (χ3n) is 2.83. The van der Waals surface area contributed by atoms with E-state index in [1.165, 1.54) is 38.5 Å². The van der Waals surface area contributed by atoms with Gasteiger partial charge in [0, 0.05) is 22.2 Å². The zero-order valence-electron chi connectivity index (χ0n) is 11.4. The standard InChI is InChI=1S/C15H13BrFNO3/c1-20-13-7-11(16)12(8-14(13)21-2)18-15(19)9-3-5-10(17)6-4-9/h3-8H,1-2H3,(H,18,19). The van der Waals surface area contributed by atoms with E-state index < -0.39 is 0 Å². The molecule has 0 aliphatic heterocycles. The molecule has 0 saturated carbocycles. The van der Waals surface area contributed by atoms with Gasteiger partial charge in [0.15, 0.2) is 11.5 Å². The number of methoxy groups -OCH3 is 2. The van der Waals surface area contributed by atoms with Gasteiger partial charge in [0.05, 0.1) is 19.9 Å². The number of anilines is 1. The topological polar surface area (TPSA) is 47.6 Å². The highest BCUT2D eigenvalue weighted by molar-refractivity contribution is 9.10. The number of carbonyl (C=O) groups excluding carboxylic acids is 1. The molecule has 0 fully saturated rings. The van der Waals surface area contributed by atoms with Crippen molar-refractivity contribution in [1.29, 1.82) is 0 Å². The van der Waals surface area contributed by atoms with Gasteiger partial charge < -0.3 is 14.8 Å². The fourth-order valence-electron chi connectivity index (χ4n) is 1.75. The van der Waals surface area contributed by atoms with Gasteiger partial charge in [-0.3, -0.25) is 4.79 Å². The summed E-state index contributed by atoms with van der Waals surface area (Å²) in [6.07, 6.45) is 0. The molecule has 0 atom stereocenters. The fourth-order valence-corrected chi connectivity index (χ4v) is 2.17. The summed E-state index contributed by atoms with van der Waals surface area (Å²) in [6, 6.07) is 8.64. The minimum atomic E-state index is -0.390. The second kappa shape index (κ2) is 6.58. The average molecular weight is 354 g/mol. The lowest BCUT2D eigenvalue weighted by molar-refractivity contribution is 0.102. The molecule has 0 heterocycles. The highest BCUT2D eigenvalue weighted by Crippen LogP contribution is 2.36. The van der Waals surface area contributed by atoms with Gasteiger partial charge >= 0.3 is 0 Å². The minimum absolute atomic E-state index is 0.345. The van der Waals surface area contributed by atoms with Crippen molar-refractivity contribution in [1.82, 2.24) is 0 Å². The highest BCUT2D eigenvalue weighted by Gasteiger charge is 2.13. The molecule has 0 aliphatic rings. The van der Waals surface area contributed by atoms with Gasteiger partial charge in [-0.15, -0.1) is 0 Å². The molecule has 21 heavy (non-hydrogen) atoms. The van der Waals surface area contributed by atoms with E-state index in [0.717, 1.165) is 0 Å². The van der Waals surface area contributed by atoms with Crippen LogP contribution in [-0.2, 0) is 0 Å². The Bertz CT molecular complexity index is 659. The lowest BCUT2D eigenvalue weighted by atomic mass is 10.2. The van der Waals surface area contributed by atoms with Crippen LogP contribution in [0.1, 0.15) is 10.4 Å². The quantitative estimate of drug-likeness (QED) is 0.907. The normalized spacial score (nSPS) is 10.1. The Kier molecular flexibility index (Phi) is 4.80. The predicted molar refractivity (Wildman–Crippen MR) is 81.6 cm³/mol. The lowest BCUT2D eigenvalue weighted by Gasteiger charge is -2.12. The van der Waals surface area contributed by atoms with Crippen LogP contribution in [0.25, 0.3) is 0 Å². The van der Waals surface area contributed by atoms with Crippen LogP contribution in [0.15, 0.2) is 40.9 Å². The Labute approximate surface area is 130 Å². The van der Waals surface area contributed by atoms with Crippen LogP contribution in [0.3, 0.4) is 0 Å². The van der Waals surface area contributed by atoms with Crippen LogP contribution in [0, 0.1) is 5.82 Å². The fraction of sp³-hybridized carbons (Fsp3) is 0.133. The van der Waals surface area contributed by atoms with E-state index in [2.05, 4.69) is 21.2 Å². The molecular weight excluding hydrogens is 341 g/mol. The van der Waals surface area contributed by atoms with Crippen molar-refractivity contribution in [2.75, 3.05) is 19.5 Å². The molecule has 0 bridgehead atoms. The Balaban J connectivity index is 2.26. The number of amides is 1. The van der Waals surface area contributed by atoms with Crippen molar-refractivity contribution in [3.63, 3.8) is 0 Å². The van der Waals surface area contributed by atoms with E-state index in [1.807, 2.05) is 0 Å². The molecule has 1 amide bonds. The first-order valence-corrected chi connectivity index (χ1v) is 6.83. The van der Waals surface area contributed by atoms with Crippen LogP contribution >= 0.6 is 15.9 Å². The number of hydrogen-bond acceptors (Lipinski definition) is 3. The van der Waals surface area contributed by atoms with E-state index in [9.17, 15) is 9.18 Å². The zero-order valence-corrected chi connectivity index (χ0v) is 13.0. The molecule has 0 radical (unpaired) electrons. The van der Waals surface area contributed by atoms with Crippen LogP contribution in [0.2, 0.25) is 0 Å². The number of halogens is 2. The van der Waals surface area contributed by atoms with Crippen molar-refractivity contribution in [3.8, 4) is 11.5 Å². The SMILES string of the molecule is COc1cc(Br)c(NC(=O)c2ccc(F)cc2)cc1OC. The van der Waals surface area contributed by atoms with Crippen LogP contribution in [-0.4, -0.2) is 20.1 Å². The second-order valence-electron chi connectivity index (χ2n) is 4.15. The summed E-state index contributed by atoms with van der Waals surface area (Å²) >= 11 is 3.35.